The van der Waals surface area contributed by atoms with Crippen molar-refractivity contribution in [2.75, 3.05) is 5.32 Å². The molecule has 3 rings (SSSR count). The maximum absolute atomic E-state index is 12.4. The molecular weight excluding hydrogens is 302 g/mol. The van der Waals surface area contributed by atoms with Crippen molar-refractivity contribution in [2.24, 2.45) is 0 Å². The van der Waals surface area contributed by atoms with Crippen molar-refractivity contribution >= 4 is 11.8 Å². The van der Waals surface area contributed by atoms with Gasteiger partial charge in [-0.15, -0.1) is 0 Å². The molecule has 122 valence electrons. The molecule has 0 aliphatic carbocycles. The number of benzene rings is 1. The molecule has 0 fully saturated rings. The first-order chi connectivity index (χ1) is 11.8. The number of hydrogen-bond donors (Lipinski definition) is 2. The molecule has 1 aromatic carbocycles. The molecule has 6 nitrogen and oxygen atoms in total. The van der Waals surface area contributed by atoms with Gasteiger partial charge < -0.3 is 9.88 Å². The van der Waals surface area contributed by atoms with E-state index in [1.807, 2.05) is 54.1 Å². The Labute approximate surface area is 140 Å². The lowest BCUT2D eigenvalue weighted by Crippen LogP contribution is -2.34. The number of pyridine rings is 1. The number of nitrogens with zero attached hydrogens (tertiary/aromatic N) is 3. The lowest BCUT2D eigenvalue weighted by atomic mass is 10.1. The van der Waals surface area contributed by atoms with E-state index in [2.05, 4.69) is 20.6 Å². The Hall–Kier alpha value is -3.15. The summed E-state index contributed by atoms with van der Waals surface area (Å²) in [5.41, 5.74) is 0.967. The lowest BCUT2D eigenvalue weighted by molar-refractivity contribution is 0.249. The molecule has 3 aromatic rings. The highest BCUT2D eigenvalue weighted by Crippen LogP contribution is 2.21. The molecule has 2 aromatic heterocycles. The number of amides is 2. The first kappa shape index (κ1) is 15.7. The van der Waals surface area contributed by atoms with E-state index < -0.39 is 0 Å². The predicted octanol–water partition coefficient (Wildman–Crippen LogP) is 3.21. The number of nitrogens with one attached hydrogen (secondary N) is 2. The minimum Gasteiger partial charge on any atom is -0.333 e. The van der Waals surface area contributed by atoms with E-state index in [1.165, 1.54) is 0 Å². The zero-order valence-corrected chi connectivity index (χ0v) is 13.4. The number of anilines is 1. The smallest absolute Gasteiger partial charge is 0.321 e. The van der Waals surface area contributed by atoms with Crippen molar-refractivity contribution in [3.8, 4) is 0 Å². The number of imidazole rings is 1. The van der Waals surface area contributed by atoms with Gasteiger partial charge in [-0.3, -0.25) is 5.32 Å². The number of hydrogen-bond acceptors (Lipinski definition) is 3. The Morgan fingerprint density at radius 1 is 1.08 bits per heavy atom. The van der Waals surface area contributed by atoms with Crippen LogP contribution in [0, 0.1) is 0 Å². The van der Waals surface area contributed by atoms with Crippen LogP contribution in [0.3, 0.4) is 0 Å². The minimum atomic E-state index is -0.343. The third-order valence-electron chi connectivity index (χ3n) is 3.66. The van der Waals surface area contributed by atoms with E-state index in [0.717, 1.165) is 17.9 Å². The first-order valence-electron chi connectivity index (χ1n) is 7.82. The van der Waals surface area contributed by atoms with Gasteiger partial charge in [0, 0.05) is 25.1 Å². The van der Waals surface area contributed by atoms with E-state index >= 15 is 0 Å². The van der Waals surface area contributed by atoms with Crippen LogP contribution in [-0.4, -0.2) is 20.6 Å². The second-order valence-electron chi connectivity index (χ2n) is 5.23. The van der Waals surface area contributed by atoms with Crippen LogP contribution in [0.5, 0.6) is 0 Å². The van der Waals surface area contributed by atoms with E-state index in [1.54, 1.807) is 24.5 Å². The van der Waals surface area contributed by atoms with E-state index in [0.29, 0.717) is 5.82 Å². The number of rotatable bonds is 5. The van der Waals surface area contributed by atoms with Crippen molar-refractivity contribution in [1.82, 2.24) is 19.9 Å². The topological polar surface area (TPSA) is 71.8 Å². The van der Waals surface area contributed by atoms with Gasteiger partial charge in [-0.05, 0) is 24.6 Å². The average molecular weight is 321 g/mol. The van der Waals surface area contributed by atoms with Gasteiger partial charge in [-0.2, -0.15) is 0 Å². The predicted molar refractivity (Wildman–Crippen MR) is 92.6 cm³/mol. The molecule has 1 unspecified atom stereocenters. The highest BCUT2D eigenvalue weighted by Gasteiger charge is 2.21. The molecule has 0 radical (unpaired) electrons. The SMILES string of the molecule is CCn1ccnc1C(NC(=O)Nc1ccccn1)c1ccccc1. The number of carbonyl (C=O) groups is 1. The highest BCUT2D eigenvalue weighted by molar-refractivity contribution is 5.88. The Balaban J connectivity index is 1.84. The summed E-state index contributed by atoms with van der Waals surface area (Å²) in [6, 6.07) is 14.5. The van der Waals surface area contributed by atoms with Crippen molar-refractivity contribution in [3.63, 3.8) is 0 Å². The normalized spacial score (nSPS) is 11.7. The van der Waals surface area contributed by atoms with Gasteiger partial charge in [-0.25, -0.2) is 14.8 Å². The standard InChI is InChI=1S/C18H19N5O/c1-2-23-13-12-20-17(23)16(14-8-4-3-5-9-14)22-18(24)21-15-10-6-7-11-19-15/h3-13,16H,2H2,1H3,(H2,19,21,22,24). The number of urea groups is 1. The van der Waals surface area contributed by atoms with Crippen molar-refractivity contribution in [3.05, 3.63) is 78.5 Å². The Kier molecular flexibility index (Phi) is 4.86. The summed E-state index contributed by atoms with van der Waals surface area (Å²) in [6.45, 7) is 2.82. The first-order valence-corrected chi connectivity index (χ1v) is 7.82. The molecule has 0 spiro atoms. The fraction of sp³-hybridized carbons (Fsp3) is 0.167. The molecule has 2 amide bonds. The van der Waals surface area contributed by atoms with Crippen LogP contribution in [0.25, 0.3) is 0 Å². The summed E-state index contributed by atoms with van der Waals surface area (Å²) >= 11 is 0. The average Bonchev–Trinajstić information content (AvgIpc) is 3.10. The maximum Gasteiger partial charge on any atom is 0.321 e. The Morgan fingerprint density at radius 2 is 1.88 bits per heavy atom. The van der Waals surface area contributed by atoms with E-state index in [-0.39, 0.29) is 12.1 Å². The maximum atomic E-state index is 12.4. The molecule has 6 heteroatoms. The molecule has 0 aliphatic rings. The summed E-state index contributed by atoms with van der Waals surface area (Å²) in [6.07, 6.45) is 5.28. The van der Waals surface area contributed by atoms with Crippen molar-refractivity contribution in [1.29, 1.82) is 0 Å². The van der Waals surface area contributed by atoms with Crippen LogP contribution < -0.4 is 10.6 Å². The zero-order valence-electron chi connectivity index (χ0n) is 13.4. The second-order valence-corrected chi connectivity index (χ2v) is 5.23. The van der Waals surface area contributed by atoms with Gasteiger partial charge in [0.25, 0.3) is 0 Å². The van der Waals surface area contributed by atoms with Gasteiger partial charge in [0.05, 0.1) is 0 Å². The summed E-state index contributed by atoms with van der Waals surface area (Å²) in [4.78, 5) is 20.9. The van der Waals surface area contributed by atoms with E-state index in [4.69, 9.17) is 0 Å². The third-order valence-corrected chi connectivity index (χ3v) is 3.66. The number of aromatic nitrogens is 3. The Bertz CT molecular complexity index is 785. The van der Waals surface area contributed by atoms with Gasteiger partial charge in [0.1, 0.15) is 17.7 Å². The van der Waals surface area contributed by atoms with Crippen LogP contribution in [0.1, 0.15) is 24.4 Å². The van der Waals surface area contributed by atoms with Gasteiger partial charge in [0.2, 0.25) is 0 Å². The minimum absolute atomic E-state index is 0.326. The summed E-state index contributed by atoms with van der Waals surface area (Å²) in [5, 5.41) is 5.73. The molecule has 0 bridgehead atoms. The van der Waals surface area contributed by atoms with Crippen LogP contribution in [0.2, 0.25) is 0 Å². The Morgan fingerprint density at radius 3 is 2.58 bits per heavy atom. The van der Waals surface area contributed by atoms with Gasteiger partial charge in [-0.1, -0.05) is 36.4 Å². The molecule has 0 saturated carbocycles. The van der Waals surface area contributed by atoms with Crippen molar-refractivity contribution < 1.29 is 4.79 Å². The lowest BCUT2D eigenvalue weighted by Gasteiger charge is -2.20. The molecule has 2 N–H and O–H groups in total. The summed E-state index contributed by atoms with van der Waals surface area (Å²) in [7, 11) is 0. The van der Waals surface area contributed by atoms with Crippen LogP contribution in [-0.2, 0) is 6.54 Å². The summed E-state index contributed by atoms with van der Waals surface area (Å²) in [5.74, 6) is 1.29. The largest absolute Gasteiger partial charge is 0.333 e. The zero-order chi connectivity index (χ0) is 16.8. The molecule has 1 atom stereocenters. The fourth-order valence-corrected chi connectivity index (χ4v) is 2.51. The number of carbonyl (C=O) groups excluding carboxylic acids is 1. The number of aryl methyl sites for hydroxylation is 1. The molecule has 0 saturated heterocycles. The molecule has 2 heterocycles. The van der Waals surface area contributed by atoms with E-state index in [9.17, 15) is 4.79 Å². The highest BCUT2D eigenvalue weighted by atomic mass is 16.2. The molecule has 0 aliphatic heterocycles. The molecule has 24 heavy (non-hydrogen) atoms. The van der Waals surface area contributed by atoms with Crippen LogP contribution >= 0.6 is 0 Å². The second kappa shape index (κ2) is 7.41. The monoisotopic (exact) mass is 321 g/mol. The van der Waals surface area contributed by atoms with Crippen LogP contribution in [0.4, 0.5) is 10.6 Å². The van der Waals surface area contributed by atoms with Gasteiger partial charge >= 0.3 is 6.03 Å². The molecular formula is C18H19N5O. The van der Waals surface area contributed by atoms with Gasteiger partial charge in [0.15, 0.2) is 0 Å². The van der Waals surface area contributed by atoms with Crippen LogP contribution in [0.15, 0.2) is 67.1 Å². The van der Waals surface area contributed by atoms with Crippen molar-refractivity contribution in [2.45, 2.75) is 19.5 Å². The third kappa shape index (κ3) is 3.60. The summed E-state index contributed by atoms with van der Waals surface area (Å²) < 4.78 is 2.01. The fourth-order valence-electron chi connectivity index (χ4n) is 2.51. The quantitative estimate of drug-likeness (QED) is 0.758.